The van der Waals surface area contributed by atoms with Crippen LogP contribution in [0, 0.1) is 0 Å². The average Bonchev–Trinajstić information content (AvgIpc) is 3.15. The molecule has 3 rings (SSSR count). The molecule has 3 nitrogen and oxygen atoms in total. The second-order valence-corrected chi connectivity index (χ2v) is 5.69. The Morgan fingerprint density at radius 2 is 2.11 bits per heavy atom. The molecule has 0 unspecified atom stereocenters. The Morgan fingerprint density at radius 1 is 1.37 bits per heavy atom. The van der Waals surface area contributed by atoms with Crippen LogP contribution in [0.2, 0.25) is 10.0 Å². The quantitative estimate of drug-likeness (QED) is 0.915. The highest BCUT2D eigenvalue weighted by Gasteiger charge is 2.30. The van der Waals surface area contributed by atoms with E-state index in [9.17, 15) is 0 Å². The van der Waals surface area contributed by atoms with Crippen molar-refractivity contribution in [1.29, 1.82) is 0 Å². The fourth-order valence-corrected chi connectivity index (χ4v) is 2.85. The lowest BCUT2D eigenvalue weighted by molar-refractivity contribution is 0.708. The van der Waals surface area contributed by atoms with Gasteiger partial charge in [-0.3, -0.25) is 0 Å². The molecule has 1 fully saturated rings. The largest absolute Gasteiger partial charge is 0.383 e. The van der Waals surface area contributed by atoms with E-state index in [2.05, 4.69) is 11.5 Å². The first-order valence-electron chi connectivity index (χ1n) is 6.43. The molecule has 1 heterocycles. The zero-order chi connectivity index (χ0) is 13.6. The van der Waals surface area contributed by atoms with E-state index in [0.717, 1.165) is 23.6 Å². The summed E-state index contributed by atoms with van der Waals surface area (Å²) < 4.78 is 2.08. The SMILES string of the molecule is CCn1c(C2CC2)nc(-c2ccc(Cl)cc2Cl)c1N. The van der Waals surface area contributed by atoms with Crippen molar-refractivity contribution >= 4 is 29.0 Å². The second-order valence-electron chi connectivity index (χ2n) is 4.85. The zero-order valence-corrected chi connectivity index (χ0v) is 12.2. The number of hydrogen-bond acceptors (Lipinski definition) is 2. The van der Waals surface area contributed by atoms with Crippen LogP contribution in [0.5, 0.6) is 0 Å². The van der Waals surface area contributed by atoms with Gasteiger partial charge in [-0.25, -0.2) is 4.98 Å². The first-order valence-corrected chi connectivity index (χ1v) is 7.18. The average molecular weight is 296 g/mol. The van der Waals surface area contributed by atoms with E-state index >= 15 is 0 Å². The van der Waals surface area contributed by atoms with Gasteiger partial charge in [0.25, 0.3) is 0 Å². The maximum Gasteiger partial charge on any atom is 0.131 e. The first kappa shape index (κ1) is 12.8. The molecule has 0 radical (unpaired) electrons. The molecule has 0 bridgehead atoms. The number of nitrogens with zero attached hydrogens (tertiary/aromatic N) is 2. The number of hydrogen-bond donors (Lipinski definition) is 1. The third-order valence-electron chi connectivity index (χ3n) is 3.48. The van der Waals surface area contributed by atoms with Crippen molar-refractivity contribution in [2.75, 3.05) is 5.73 Å². The molecule has 0 amide bonds. The molecule has 19 heavy (non-hydrogen) atoms. The van der Waals surface area contributed by atoms with Crippen molar-refractivity contribution in [1.82, 2.24) is 9.55 Å². The molecule has 0 spiro atoms. The summed E-state index contributed by atoms with van der Waals surface area (Å²) in [4.78, 5) is 4.71. The first-order chi connectivity index (χ1) is 9.11. The van der Waals surface area contributed by atoms with Gasteiger partial charge in [-0.2, -0.15) is 0 Å². The van der Waals surface area contributed by atoms with E-state index in [1.807, 2.05) is 12.1 Å². The Labute approximate surface area is 122 Å². The van der Waals surface area contributed by atoms with Gasteiger partial charge in [-0.15, -0.1) is 0 Å². The number of aromatic nitrogens is 2. The van der Waals surface area contributed by atoms with Gasteiger partial charge in [0.15, 0.2) is 0 Å². The van der Waals surface area contributed by atoms with E-state index < -0.39 is 0 Å². The maximum absolute atomic E-state index is 6.25. The third kappa shape index (κ3) is 2.21. The van der Waals surface area contributed by atoms with Gasteiger partial charge >= 0.3 is 0 Å². The number of rotatable bonds is 3. The van der Waals surface area contributed by atoms with Crippen molar-refractivity contribution < 1.29 is 0 Å². The summed E-state index contributed by atoms with van der Waals surface area (Å²) in [6.45, 7) is 2.91. The standard InChI is InChI=1S/C14H15Cl2N3/c1-2-19-13(17)12(18-14(19)8-3-4-8)10-6-5-9(15)7-11(10)16/h5-8H,2-4,17H2,1H3. The predicted molar refractivity (Wildman–Crippen MR) is 79.7 cm³/mol. The van der Waals surface area contributed by atoms with E-state index in [1.54, 1.807) is 6.07 Å². The van der Waals surface area contributed by atoms with Gasteiger partial charge in [0.1, 0.15) is 17.3 Å². The van der Waals surface area contributed by atoms with Crippen molar-refractivity contribution in [3.63, 3.8) is 0 Å². The molecule has 1 aliphatic rings. The summed E-state index contributed by atoms with van der Waals surface area (Å²) in [6.07, 6.45) is 2.40. The number of imidazole rings is 1. The summed E-state index contributed by atoms with van der Waals surface area (Å²) in [7, 11) is 0. The summed E-state index contributed by atoms with van der Waals surface area (Å²) in [5, 5.41) is 1.20. The summed E-state index contributed by atoms with van der Waals surface area (Å²) in [5.41, 5.74) is 7.84. The number of benzene rings is 1. The monoisotopic (exact) mass is 295 g/mol. The highest BCUT2D eigenvalue weighted by atomic mass is 35.5. The molecule has 5 heteroatoms. The Hall–Kier alpha value is -1.19. The topological polar surface area (TPSA) is 43.8 Å². The van der Waals surface area contributed by atoms with Crippen LogP contribution in [-0.2, 0) is 6.54 Å². The predicted octanol–water partition coefficient (Wildman–Crippen LogP) is 4.34. The van der Waals surface area contributed by atoms with Gasteiger partial charge in [-0.05, 0) is 38.0 Å². The number of anilines is 1. The molecule has 2 N–H and O–H groups in total. The lowest BCUT2D eigenvalue weighted by atomic mass is 10.1. The van der Waals surface area contributed by atoms with Crippen molar-refractivity contribution in [3.8, 4) is 11.3 Å². The van der Waals surface area contributed by atoms with E-state index in [4.69, 9.17) is 33.9 Å². The van der Waals surface area contributed by atoms with Gasteiger partial charge < -0.3 is 10.3 Å². The fraction of sp³-hybridized carbons (Fsp3) is 0.357. The molecule has 1 aromatic heterocycles. The molecule has 0 aliphatic heterocycles. The summed E-state index contributed by atoms with van der Waals surface area (Å²) >= 11 is 12.2. The molecule has 2 aromatic rings. The van der Waals surface area contributed by atoms with Crippen LogP contribution in [0.3, 0.4) is 0 Å². The second kappa shape index (κ2) is 4.73. The van der Waals surface area contributed by atoms with Gasteiger partial charge in [-0.1, -0.05) is 23.2 Å². The third-order valence-corrected chi connectivity index (χ3v) is 4.03. The highest BCUT2D eigenvalue weighted by Crippen LogP contribution is 2.43. The van der Waals surface area contributed by atoms with Crippen LogP contribution < -0.4 is 5.73 Å². The van der Waals surface area contributed by atoms with Crippen LogP contribution >= 0.6 is 23.2 Å². The molecule has 100 valence electrons. The van der Waals surface area contributed by atoms with Gasteiger partial charge in [0.2, 0.25) is 0 Å². The molecular formula is C14H15Cl2N3. The molecular weight excluding hydrogens is 281 g/mol. The molecule has 0 atom stereocenters. The van der Waals surface area contributed by atoms with E-state index in [-0.39, 0.29) is 0 Å². The number of halogens is 2. The molecule has 1 saturated carbocycles. The Morgan fingerprint density at radius 3 is 2.68 bits per heavy atom. The minimum Gasteiger partial charge on any atom is -0.383 e. The lowest BCUT2D eigenvalue weighted by Gasteiger charge is -2.06. The number of nitrogens with two attached hydrogens (primary N) is 1. The normalized spacial score (nSPS) is 14.9. The maximum atomic E-state index is 6.25. The Balaban J connectivity index is 2.14. The number of nitrogen functional groups attached to an aromatic ring is 1. The minimum atomic E-state index is 0.557. The molecule has 1 aliphatic carbocycles. The minimum absolute atomic E-state index is 0.557. The Bertz CT molecular complexity index is 630. The van der Waals surface area contributed by atoms with Gasteiger partial charge in [0.05, 0.1) is 5.02 Å². The van der Waals surface area contributed by atoms with Crippen molar-refractivity contribution in [3.05, 3.63) is 34.1 Å². The fourth-order valence-electron chi connectivity index (χ4n) is 2.35. The van der Waals surface area contributed by atoms with Crippen LogP contribution in [0.25, 0.3) is 11.3 Å². The Kier molecular flexibility index (Phi) is 3.19. The molecule has 1 aromatic carbocycles. The van der Waals surface area contributed by atoms with Gasteiger partial charge in [0, 0.05) is 23.0 Å². The van der Waals surface area contributed by atoms with E-state index in [1.165, 1.54) is 12.8 Å². The van der Waals surface area contributed by atoms with Crippen molar-refractivity contribution in [2.24, 2.45) is 0 Å². The van der Waals surface area contributed by atoms with E-state index in [0.29, 0.717) is 21.8 Å². The lowest BCUT2D eigenvalue weighted by Crippen LogP contribution is -2.04. The zero-order valence-electron chi connectivity index (χ0n) is 10.7. The summed E-state index contributed by atoms with van der Waals surface area (Å²) in [6, 6.07) is 5.41. The summed E-state index contributed by atoms with van der Waals surface area (Å²) in [5.74, 6) is 2.33. The molecule has 0 saturated heterocycles. The van der Waals surface area contributed by atoms with Crippen molar-refractivity contribution in [2.45, 2.75) is 32.2 Å². The van der Waals surface area contributed by atoms with Crippen LogP contribution in [0.15, 0.2) is 18.2 Å². The van der Waals surface area contributed by atoms with Crippen LogP contribution in [-0.4, -0.2) is 9.55 Å². The van der Waals surface area contributed by atoms with Crippen LogP contribution in [0.4, 0.5) is 5.82 Å². The smallest absolute Gasteiger partial charge is 0.131 e. The van der Waals surface area contributed by atoms with Crippen LogP contribution in [0.1, 0.15) is 31.5 Å². The highest BCUT2D eigenvalue weighted by molar-refractivity contribution is 6.36.